The van der Waals surface area contributed by atoms with Gasteiger partial charge in [-0.3, -0.25) is 0 Å². The maximum Gasteiger partial charge on any atom is 0.125 e. The molecule has 3 heteroatoms. The number of hydrogen-bond acceptors (Lipinski definition) is 1. The first-order chi connectivity index (χ1) is 6.63. The van der Waals surface area contributed by atoms with E-state index in [1.54, 1.807) is 0 Å². The molecule has 0 aliphatic heterocycles. The van der Waals surface area contributed by atoms with Crippen molar-refractivity contribution in [1.82, 2.24) is 4.72 Å². The zero-order chi connectivity index (χ0) is 10.6. The van der Waals surface area contributed by atoms with Gasteiger partial charge in [-0.15, -0.1) is 0 Å². The van der Waals surface area contributed by atoms with Gasteiger partial charge in [0.25, 0.3) is 0 Å². The predicted octanol–water partition coefficient (Wildman–Crippen LogP) is 2.41. The van der Waals surface area contributed by atoms with Crippen LogP contribution in [0.4, 0.5) is 0 Å². The number of hydrogen-bond donors (Lipinski definition) is 1. The summed E-state index contributed by atoms with van der Waals surface area (Å²) in [6, 6.07) is 8.05. The lowest BCUT2D eigenvalue weighted by Crippen LogP contribution is -2.27. The Morgan fingerprint density at radius 3 is 2.43 bits per heavy atom. The molecule has 1 aromatic rings. The standard InChI is InChI=1S/C11H17NOS/c1-4-10(3)12-14(13)11-7-5-9(2)6-8-11/h5-8,10,12H,4H2,1-3H3. The van der Waals surface area contributed by atoms with Gasteiger partial charge >= 0.3 is 0 Å². The summed E-state index contributed by atoms with van der Waals surface area (Å²) in [4.78, 5) is 0.843. The molecule has 0 aliphatic carbocycles. The Morgan fingerprint density at radius 1 is 1.36 bits per heavy atom. The molecule has 0 aromatic heterocycles. The van der Waals surface area contributed by atoms with E-state index in [2.05, 4.69) is 11.6 Å². The van der Waals surface area contributed by atoms with Gasteiger partial charge in [-0.2, -0.15) is 0 Å². The van der Waals surface area contributed by atoms with Crippen molar-refractivity contribution in [3.63, 3.8) is 0 Å². The Morgan fingerprint density at radius 2 is 1.93 bits per heavy atom. The van der Waals surface area contributed by atoms with Crippen LogP contribution in [0, 0.1) is 6.92 Å². The molecule has 0 saturated heterocycles. The Bertz CT molecular complexity index is 308. The zero-order valence-corrected chi connectivity index (χ0v) is 9.73. The second-order valence-corrected chi connectivity index (χ2v) is 4.75. The Hall–Kier alpha value is -0.670. The minimum absolute atomic E-state index is 0.289. The van der Waals surface area contributed by atoms with Crippen LogP contribution in [0.25, 0.3) is 0 Å². The van der Waals surface area contributed by atoms with Crippen molar-refractivity contribution in [3.8, 4) is 0 Å². The van der Waals surface area contributed by atoms with E-state index in [0.29, 0.717) is 0 Å². The van der Waals surface area contributed by atoms with E-state index in [-0.39, 0.29) is 6.04 Å². The van der Waals surface area contributed by atoms with Gasteiger partial charge in [0.05, 0.1) is 4.90 Å². The maximum atomic E-state index is 11.7. The van der Waals surface area contributed by atoms with E-state index in [4.69, 9.17) is 0 Å². The predicted molar refractivity (Wildman–Crippen MR) is 60.5 cm³/mol. The van der Waals surface area contributed by atoms with Crippen LogP contribution in [0.3, 0.4) is 0 Å². The smallest absolute Gasteiger partial charge is 0.125 e. The summed E-state index contributed by atoms with van der Waals surface area (Å²) in [6.07, 6.45) is 0.984. The lowest BCUT2D eigenvalue weighted by Gasteiger charge is -2.10. The highest BCUT2D eigenvalue weighted by Gasteiger charge is 2.05. The molecule has 0 heterocycles. The average molecular weight is 211 g/mol. The van der Waals surface area contributed by atoms with Gasteiger partial charge in [-0.25, -0.2) is 8.93 Å². The minimum Gasteiger partial charge on any atom is -0.237 e. The number of aryl methyl sites for hydroxylation is 1. The van der Waals surface area contributed by atoms with Crippen molar-refractivity contribution in [3.05, 3.63) is 29.8 Å². The molecule has 2 nitrogen and oxygen atoms in total. The van der Waals surface area contributed by atoms with Crippen LogP contribution in [0.2, 0.25) is 0 Å². The van der Waals surface area contributed by atoms with Gasteiger partial charge < -0.3 is 0 Å². The van der Waals surface area contributed by atoms with Gasteiger partial charge in [-0.05, 0) is 32.4 Å². The first kappa shape index (κ1) is 11.4. The molecular formula is C11H17NOS. The molecule has 14 heavy (non-hydrogen) atoms. The van der Waals surface area contributed by atoms with Gasteiger partial charge in [0, 0.05) is 6.04 Å². The monoisotopic (exact) mass is 211 g/mol. The molecule has 0 fully saturated rings. The van der Waals surface area contributed by atoms with Crippen molar-refractivity contribution >= 4 is 11.0 Å². The van der Waals surface area contributed by atoms with E-state index >= 15 is 0 Å². The lowest BCUT2D eigenvalue weighted by molar-refractivity contribution is 0.624. The van der Waals surface area contributed by atoms with Crippen LogP contribution in [0.15, 0.2) is 29.2 Å². The van der Waals surface area contributed by atoms with Crippen LogP contribution < -0.4 is 4.72 Å². The largest absolute Gasteiger partial charge is 0.237 e. The van der Waals surface area contributed by atoms with Crippen molar-refractivity contribution < 1.29 is 4.21 Å². The summed E-state index contributed by atoms with van der Waals surface area (Å²) in [5, 5.41) is 0. The van der Waals surface area contributed by atoms with E-state index in [1.807, 2.05) is 38.1 Å². The van der Waals surface area contributed by atoms with Gasteiger partial charge in [0.2, 0.25) is 0 Å². The van der Waals surface area contributed by atoms with Crippen LogP contribution in [0.5, 0.6) is 0 Å². The molecule has 0 spiro atoms. The summed E-state index contributed by atoms with van der Waals surface area (Å²) in [5.74, 6) is 0. The van der Waals surface area contributed by atoms with Crippen LogP contribution in [-0.2, 0) is 11.0 Å². The van der Waals surface area contributed by atoms with Crippen LogP contribution in [0.1, 0.15) is 25.8 Å². The first-order valence-electron chi connectivity index (χ1n) is 4.88. The fourth-order valence-corrected chi connectivity index (χ4v) is 2.05. The molecule has 0 amide bonds. The summed E-state index contributed by atoms with van der Waals surface area (Å²) in [5.41, 5.74) is 1.19. The lowest BCUT2D eigenvalue weighted by atomic mass is 10.2. The highest BCUT2D eigenvalue weighted by molar-refractivity contribution is 7.83. The molecule has 0 radical (unpaired) electrons. The number of benzene rings is 1. The van der Waals surface area contributed by atoms with Gasteiger partial charge in [0.15, 0.2) is 0 Å². The van der Waals surface area contributed by atoms with E-state index in [0.717, 1.165) is 11.3 Å². The summed E-state index contributed by atoms with van der Waals surface area (Å²) in [6.45, 7) is 6.13. The zero-order valence-electron chi connectivity index (χ0n) is 8.91. The third-order valence-corrected chi connectivity index (χ3v) is 3.47. The number of rotatable bonds is 4. The minimum atomic E-state index is -1.07. The number of nitrogens with one attached hydrogen (secondary N) is 1. The molecule has 0 bridgehead atoms. The van der Waals surface area contributed by atoms with E-state index in [1.165, 1.54) is 5.56 Å². The molecule has 1 aromatic carbocycles. The third-order valence-electron chi connectivity index (χ3n) is 2.16. The summed E-state index contributed by atoms with van der Waals surface area (Å²) < 4.78 is 14.8. The third kappa shape index (κ3) is 3.24. The normalized spacial score (nSPS) is 15.1. The van der Waals surface area contributed by atoms with Crippen molar-refractivity contribution in [2.24, 2.45) is 0 Å². The fraction of sp³-hybridized carbons (Fsp3) is 0.455. The van der Waals surface area contributed by atoms with Crippen LogP contribution in [-0.4, -0.2) is 10.3 Å². The van der Waals surface area contributed by atoms with Gasteiger partial charge in [0.1, 0.15) is 11.0 Å². The van der Waals surface area contributed by atoms with E-state index < -0.39 is 11.0 Å². The van der Waals surface area contributed by atoms with Crippen LogP contribution >= 0.6 is 0 Å². The SMILES string of the molecule is CCC(C)NS(=O)c1ccc(C)cc1. The Balaban J connectivity index is 2.65. The molecule has 1 rings (SSSR count). The molecule has 78 valence electrons. The van der Waals surface area contributed by atoms with Crippen molar-refractivity contribution in [2.45, 2.75) is 38.1 Å². The highest BCUT2D eigenvalue weighted by atomic mass is 32.2. The van der Waals surface area contributed by atoms with Crippen molar-refractivity contribution in [2.75, 3.05) is 0 Å². The molecular weight excluding hydrogens is 194 g/mol. The second-order valence-electron chi connectivity index (χ2n) is 3.51. The second kappa shape index (κ2) is 5.27. The summed E-state index contributed by atoms with van der Waals surface area (Å²) in [7, 11) is -1.07. The van der Waals surface area contributed by atoms with E-state index in [9.17, 15) is 4.21 Å². The molecule has 2 unspecified atom stereocenters. The maximum absolute atomic E-state index is 11.7. The quantitative estimate of drug-likeness (QED) is 0.814. The molecule has 1 N–H and O–H groups in total. The molecule has 2 atom stereocenters. The Kier molecular flexibility index (Phi) is 4.29. The molecule has 0 saturated carbocycles. The fourth-order valence-electron chi connectivity index (χ4n) is 0.996. The van der Waals surface area contributed by atoms with Gasteiger partial charge in [-0.1, -0.05) is 24.6 Å². The highest BCUT2D eigenvalue weighted by Crippen LogP contribution is 2.07. The first-order valence-corrected chi connectivity index (χ1v) is 6.03. The Labute approximate surface area is 88.3 Å². The molecule has 0 aliphatic rings. The summed E-state index contributed by atoms with van der Waals surface area (Å²) >= 11 is 0. The topological polar surface area (TPSA) is 29.1 Å². The van der Waals surface area contributed by atoms with Crippen molar-refractivity contribution in [1.29, 1.82) is 0 Å². The average Bonchev–Trinajstić information content (AvgIpc) is 2.18.